The van der Waals surface area contributed by atoms with E-state index in [1.54, 1.807) is 11.3 Å². The lowest BCUT2D eigenvalue weighted by atomic mass is 9.70. The number of aryl methyl sites for hydroxylation is 1. The van der Waals surface area contributed by atoms with Gasteiger partial charge < -0.3 is 14.2 Å². The highest BCUT2D eigenvalue weighted by Crippen LogP contribution is 2.49. The quantitative estimate of drug-likeness (QED) is 0.597. The molecular formula is C21H23ClN6O2S. The highest BCUT2D eigenvalue weighted by atomic mass is 35.5. The fraction of sp³-hybridized carbons (Fsp3) is 0.524. The Balaban J connectivity index is 1.58. The van der Waals surface area contributed by atoms with Crippen LogP contribution in [-0.4, -0.2) is 59.3 Å². The van der Waals surface area contributed by atoms with Gasteiger partial charge >= 0.3 is 0 Å². The number of aliphatic imine (C=N–C) groups is 1. The smallest absolute Gasteiger partial charge is 0.206 e. The van der Waals surface area contributed by atoms with Crippen LogP contribution in [0.3, 0.4) is 0 Å². The minimum absolute atomic E-state index is 0.0265. The molecule has 10 heteroatoms. The van der Waals surface area contributed by atoms with E-state index < -0.39 is 0 Å². The van der Waals surface area contributed by atoms with Crippen molar-refractivity contribution in [2.45, 2.75) is 45.4 Å². The summed E-state index contributed by atoms with van der Waals surface area (Å²) in [6.45, 7) is 8.44. The van der Waals surface area contributed by atoms with Crippen molar-refractivity contribution >= 4 is 45.9 Å². The zero-order valence-corrected chi connectivity index (χ0v) is 19.1. The topological polar surface area (TPSA) is 88.7 Å². The molecular weight excluding hydrogens is 436 g/mol. The van der Waals surface area contributed by atoms with Gasteiger partial charge in [-0.2, -0.15) is 0 Å². The van der Waals surface area contributed by atoms with Gasteiger partial charge in [0.2, 0.25) is 5.58 Å². The molecule has 3 aromatic heterocycles. The molecule has 1 fully saturated rings. The Morgan fingerprint density at radius 2 is 2.23 bits per heavy atom. The number of pyridine rings is 1. The standard InChI is InChI=1S/C21H23ClN6O2S/c1-10-6-28-17-13(4-21(7-23-9-24-8-21)19(28)12(3)29-10)26-15-16(20-25-5-11(2)31-20)27-30-18(15)14(17)22/h5,7,10,12,19,24H,4,6,8-9H2,1-3H3/t10-,12+,19-,21?/m0/s1. The lowest BCUT2D eigenvalue weighted by Gasteiger charge is -2.55. The summed E-state index contributed by atoms with van der Waals surface area (Å²) in [5, 5.41) is 9.09. The Labute approximate surface area is 188 Å². The highest BCUT2D eigenvalue weighted by Gasteiger charge is 2.53. The number of thiazole rings is 1. The number of nitrogens with zero attached hydrogens (tertiary/aromatic N) is 5. The summed E-state index contributed by atoms with van der Waals surface area (Å²) in [5.41, 5.74) is 3.49. The van der Waals surface area contributed by atoms with Crippen LogP contribution in [0.2, 0.25) is 5.02 Å². The fourth-order valence-corrected chi connectivity index (χ4v) is 6.53. The van der Waals surface area contributed by atoms with Crippen molar-refractivity contribution in [3.8, 4) is 10.7 Å². The number of aromatic nitrogens is 3. The molecule has 162 valence electrons. The van der Waals surface area contributed by atoms with Gasteiger partial charge in [-0.25, -0.2) is 9.97 Å². The van der Waals surface area contributed by atoms with E-state index in [1.807, 2.05) is 13.1 Å². The molecule has 3 aliphatic rings. The summed E-state index contributed by atoms with van der Waals surface area (Å²) < 4.78 is 12.0. The number of halogens is 1. The van der Waals surface area contributed by atoms with Gasteiger partial charge in [-0.05, 0) is 20.8 Å². The minimum atomic E-state index is -0.218. The molecule has 4 atom stereocenters. The fourth-order valence-electron chi connectivity index (χ4n) is 5.44. The van der Waals surface area contributed by atoms with Gasteiger partial charge in [0, 0.05) is 42.2 Å². The van der Waals surface area contributed by atoms with Crippen LogP contribution in [0.15, 0.2) is 15.7 Å². The van der Waals surface area contributed by atoms with E-state index in [1.165, 1.54) is 0 Å². The molecule has 6 heterocycles. The maximum Gasteiger partial charge on any atom is 0.206 e. The van der Waals surface area contributed by atoms with Gasteiger partial charge in [0.05, 0.1) is 36.3 Å². The van der Waals surface area contributed by atoms with Crippen LogP contribution < -0.4 is 10.2 Å². The second kappa shape index (κ2) is 6.96. The third-order valence-electron chi connectivity index (χ3n) is 6.48. The molecule has 31 heavy (non-hydrogen) atoms. The molecule has 0 aromatic carbocycles. The highest BCUT2D eigenvalue weighted by molar-refractivity contribution is 7.15. The van der Waals surface area contributed by atoms with Crippen molar-refractivity contribution < 1.29 is 9.26 Å². The van der Waals surface area contributed by atoms with E-state index in [-0.39, 0.29) is 23.7 Å². The predicted octanol–water partition coefficient (Wildman–Crippen LogP) is 3.46. The molecule has 6 rings (SSSR count). The van der Waals surface area contributed by atoms with Gasteiger partial charge in [-0.15, -0.1) is 11.3 Å². The van der Waals surface area contributed by atoms with E-state index in [4.69, 9.17) is 25.8 Å². The molecule has 1 saturated heterocycles. The molecule has 1 spiro atoms. The summed E-state index contributed by atoms with van der Waals surface area (Å²) in [7, 11) is 0. The third-order valence-corrected chi connectivity index (χ3v) is 7.75. The van der Waals surface area contributed by atoms with Crippen LogP contribution in [0.25, 0.3) is 21.8 Å². The van der Waals surface area contributed by atoms with E-state index >= 15 is 0 Å². The molecule has 1 N–H and O–H groups in total. The predicted molar refractivity (Wildman–Crippen MR) is 121 cm³/mol. The average Bonchev–Trinajstić information content (AvgIpc) is 3.34. The number of morpholine rings is 1. The van der Waals surface area contributed by atoms with Crippen LogP contribution in [0.1, 0.15) is 24.4 Å². The summed E-state index contributed by atoms with van der Waals surface area (Å²) in [6.07, 6.45) is 4.77. The number of nitrogens with one attached hydrogen (secondary N) is 1. The number of rotatable bonds is 1. The lowest BCUT2D eigenvalue weighted by Crippen LogP contribution is -2.67. The zero-order valence-electron chi connectivity index (χ0n) is 17.6. The maximum absolute atomic E-state index is 6.99. The Kier molecular flexibility index (Phi) is 4.40. The van der Waals surface area contributed by atoms with E-state index in [9.17, 15) is 0 Å². The first kappa shape index (κ1) is 19.6. The number of ether oxygens (including phenoxy) is 1. The molecule has 0 radical (unpaired) electrons. The van der Waals surface area contributed by atoms with Crippen LogP contribution in [-0.2, 0) is 11.2 Å². The van der Waals surface area contributed by atoms with Crippen LogP contribution in [0.4, 0.5) is 5.69 Å². The summed E-state index contributed by atoms with van der Waals surface area (Å²) in [4.78, 5) is 17.6. The largest absolute Gasteiger partial charge is 0.372 e. The number of hydrogen-bond acceptors (Lipinski definition) is 9. The van der Waals surface area contributed by atoms with E-state index in [2.05, 4.69) is 45.4 Å². The van der Waals surface area contributed by atoms with Crippen LogP contribution in [0.5, 0.6) is 0 Å². The van der Waals surface area contributed by atoms with Gasteiger partial charge in [0.25, 0.3) is 0 Å². The van der Waals surface area contributed by atoms with E-state index in [0.29, 0.717) is 28.5 Å². The van der Waals surface area contributed by atoms with Crippen molar-refractivity contribution in [3.05, 3.63) is 21.8 Å². The van der Waals surface area contributed by atoms with Gasteiger partial charge in [-0.3, -0.25) is 10.3 Å². The third kappa shape index (κ3) is 2.87. The summed E-state index contributed by atoms with van der Waals surface area (Å²) in [5.74, 6) is 0. The van der Waals surface area contributed by atoms with Crippen LogP contribution in [0, 0.1) is 12.3 Å². The monoisotopic (exact) mass is 458 g/mol. The summed E-state index contributed by atoms with van der Waals surface area (Å²) in [6, 6.07) is 0.105. The molecule has 3 aliphatic heterocycles. The SMILES string of the molecule is Cc1cnc(-c2noc3c(Cl)c4c(nc23)CC2(C=NCNC2)[C@@H]2[C@@H](C)O[C@@H](C)CN42)s1. The first-order valence-electron chi connectivity index (χ1n) is 10.5. The normalized spacial score (nSPS) is 30.1. The average molecular weight is 459 g/mol. The second-order valence-electron chi connectivity index (χ2n) is 8.76. The molecule has 8 nitrogen and oxygen atoms in total. The Bertz CT molecular complexity index is 1210. The number of anilines is 1. The van der Waals surface area contributed by atoms with Crippen molar-refractivity contribution in [1.29, 1.82) is 0 Å². The van der Waals surface area contributed by atoms with Gasteiger partial charge in [0.1, 0.15) is 15.5 Å². The van der Waals surface area contributed by atoms with Crippen LogP contribution >= 0.6 is 22.9 Å². The van der Waals surface area contributed by atoms with Crippen molar-refractivity contribution in [3.63, 3.8) is 0 Å². The first-order chi connectivity index (χ1) is 15.0. The van der Waals surface area contributed by atoms with Crippen molar-refractivity contribution in [2.24, 2.45) is 10.4 Å². The number of hydrogen-bond donors (Lipinski definition) is 1. The van der Waals surface area contributed by atoms with Crippen molar-refractivity contribution in [2.75, 3.05) is 24.7 Å². The maximum atomic E-state index is 6.99. The van der Waals surface area contributed by atoms with Gasteiger partial charge in [0.15, 0.2) is 5.69 Å². The second-order valence-corrected chi connectivity index (χ2v) is 10.4. The molecule has 0 bridgehead atoms. The Morgan fingerprint density at radius 3 is 2.97 bits per heavy atom. The molecule has 0 amide bonds. The molecule has 0 aliphatic carbocycles. The molecule has 1 unspecified atom stereocenters. The first-order valence-corrected chi connectivity index (χ1v) is 11.7. The Hall–Kier alpha value is -2.07. The summed E-state index contributed by atoms with van der Waals surface area (Å²) >= 11 is 8.55. The Morgan fingerprint density at radius 1 is 1.35 bits per heavy atom. The zero-order chi connectivity index (χ0) is 21.3. The minimum Gasteiger partial charge on any atom is -0.372 e. The van der Waals surface area contributed by atoms with Gasteiger partial charge in [-0.1, -0.05) is 16.8 Å². The molecule has 0 saturated carbocycles. The molecule has 3 aromatic rings. The van der Waals surface area contributed by atoms with Crippen molar-refractivity contribution in [1.82, 2.24) is 20.4 Å². The van der Waals surface area contributed by atoms with E-state index in [0.717, 1.165) is 40.8 Å². The number of fused-ring (bicyclic) bond motifs is 5. The lowest BCUT2D eigenvalue weighted by molar-refractivity contribution is -0.0522.